The molecule has 0 aromatic carbocycles. The van der Waals surface area contributed by atoms with Crippen molar-refractivity contribution in [3.05, 3.63) is 29.1 Å². The Hall–Kier alpha value is -1.38. The molecule has 0 atom stereocenters. The summed E-state index contributed by atoms with van der Waals surface area (Å²) in [6, 6.07) is 2.02. The minimum Gasteiger partial charge on any atom is -0.352 e. The van der Waals surface area contributed by atoms with Crippen LogP contribution in [0, 0.1) is 13.8 Å². The zero-order valence-electron chi connectivity index (χ0n) is 8.92. The van der Waals surface area contributed by atoms with E-state index in [1.54, 1.807) is 0 Å². The van der Waals surface area contributed by atoms with E-state index in [2.05, 4.69) is 10.3 Å². The summed E-state index contributed by atoms with van der Waals surface area (Å²) in [5.74, 6) is 0.0741. The summed E-state index contributed by atoms with van der Waals surface area (Å²) in [7, 11) is 0. The molecule has 0 spiro atoms. The molecule has 76 valence electrons. The molecule has 1 heterocycles. The van der Waals surface area contributed by atoms with Crippen molar-refractivity contribution in [1.82, 2.24) is 10.3 Å². The molecular weight excluding hydrogens is 176 g/mol. The van der Waals surface area contributed by atoms with Crippen molar-refractivity contribution in [2.45, 2.75) is 33.7 Å². The van der Waals surface area contributed by atoms with Crippen LogP contribution < -0.4 is 5.32 Å². The third-order valence-corrected chi connectivity index (χ3v) is 2.15. The Morgan fingerprint density at radius 1 is 1.50 bits per heavy atom. The molecule has 0 aliphatic rings. The van der Waals surface area contributed by atoms with Gasteiger partial charge in [0.15, 0.2) is 0 Å². The van der Waals surface area contributed by atoms with Gasteiger partial charge in [0, 0.05) is 24.9 Å². The molecule has 3 heteroatoms. The lowest BCUT2D eigenvalue weighted by molar-refractivity contribution is -0.120. The van der Waals surface area contributed by atoms with Crippen molar-refractivity contribution < 1.29 is 4.79 Å². The first-order chi connectivity index (χ1) is 6.63. The normalized spacial score (nSPS) is 9.93. The molecule has 0 fully saturated rings. The Morgan fingerprint density at radius 2 is 2.21 bits per heavy atom. The summed E-state index contributed by atoms with van der Waals surface area (Å²) in [6.07, 6.45) is 2.35. The molecule has 1 N–H and O–H groups in total. The van der Waals surface area contributed by atoms with Crippen molar-refractivity contribution >= 4 is 5.91 Å². The van der Waals surface area contributed by atoms with Crippen molar-refractivity contribution in [2.24, 2.45) is 0 Å². The van der Waals surface area contributed by atoms with Gasteiger partial charge in [-0.2, -0.15) is 0 Å². The van der Waals surface area contributed by atoms with Crippen molar-refractivity contribution in [1.29, 1.82) is 0 Å². The van der Waals surface area contributed by atoms with E-state index in [1.165, 1.54) is 5.56 Å². The second-order valence-electron chi connectivity index (χ2n) is 3.38. The number of hydrogen-bond donors (Lipinski definition) is 1. The van der Waals surface area contributed by atoms with Crippen LogP contribution in [0.25, 0.3) is 0 Å². The molecule has 1 rings (SSSR count). The lowest BCUT2D eigenvalue weighted by Crippen LogP contribution is -2.22. The van der Waals surface area contributed by atoms with Crippen molar-refractivity contribution in [3.63, 3.8) is 0 Å². The van der Waals surface area contributed by atoms with E-state index >= 15 is 0 Å². The first-order valence-electron chi connectivity index (χ1n) is 4.82. The van der Waals surface area contributed by atoms with Crippen LogP contribution in [0.4, 0.5) is 0 Å². The van der Waals surface area contributed by atoms with E-state index in [9.17, 15) is 4.79 Å². The monoisotopic (exact) mass is 192 g/mol. The van der Waals surface area contributed by atoms with E-state index in [1.807, 2.05) is 33.0 Å². The van der Waals surface area contributed by atoms with Gasteiger partial charge in [0.05, 0.1) is 0 Å². The molecule has 0 aliphatic heterocycles. The highest BCUT2D eigenvalue weighted by atomic mass is 16.1. The summed E-state index contributed by atoms with van der Waals surface area (Å²) in [5, 5.41) is 2.83. The molecule has 0 aliphatic carbocycles. The van der Waals surface area contributed by atoms with Crippen LogP contribution in [0.3, 0.4) is 0 Å². The Morgan fingerprint density at radius 3 is 2.79 bits per heavy atom. The van der Waals surface area contributed by atoms with Crippen LogP contribution in [0.15, 0.2) is 12.3 Å². The molecule has 0 saturated carbocycles. The van der Waals surface area contributed by atoms with Gasteiger partial charge in [0.1, 0.15) is 0 Å². The highest BCUT2D eigenvalue weighted by Crippen LogP contribution is 2.07. The minimum absolute atomic E-state index is 0.0741. The number of aryl methyl sites for hydroxylation is 2. The molecule has 0 bridgehead atoms. The summed E-state index contributed by atoms with van der Waals surface area (Å²) in [4.78, 5) is 15.2. The largest absolute Gasteiger partial charge is 0.352 e. The number of amides is 1. The molecule has 3 nitrogen and oxygen atoms in total. The van der Waals surface area contributed by atoms with E-state index in [4.69, 9.17) is 0 Å². The lowest BCUT2D eigenvalue weighted by Gasteiger charge is -2.07. The number of carbonyl (C=O) groups is 1. The fourth-order valence-corrected chi connectivity index (χ4v) is 1.23. The SMILES string of the molecule is CCC(=O)NCc1cnc(C)cc1C. The van der Waals surface area contributed by atoms with Crippen LogP contribution in [0.2, 0.25) is 0 Å². The Bertz CT molecular complexity index is 334. The zero-order chi connectivity index (χ0) is 10.6. The van der Waals surface area contributed by atoms with Crippen LogP contribution in [-0.2, 0) is 11.3 Å². The van der Waals surface area contributed by atoms with Crippen molar-refractivity contribution in [2.75, 3.05) is 0 Å². The Balaban J connectivity index is 2.63. The van der Waals surface area contributed by atoms with E-state index in [-0.39, 0.29) is 5.91 Å². The van der Waals surface area contributed by atoms with Gasteiger partial charge in [-0.3, -0.25) is 9.78 Å². The third kappa shape index (κ3) is 2.83. The smallest absolute Gasteiger partial charge is 0.219 e. The highest BCUT2D eigenvalue weighted by Gasteiger charge is 2.01. The molecule has 1 aromatic heterocycles. The first kappa shape index (κ1) is 10.7. The summed E-state index contributed by atoms with van der Waals surface area (Å²) in [6.45, 7) is 6.41. The number of nitrogens with zero attached hydrogens (tertiary/aromatic N) is 1. The molecule has 0 radical (unpaired) electrons. The molecule has 0 saturated heterocycles. The maximum atomic E-state index is 11.0. The zero-order valence-corrected chi connectivity index (χ0v) is 8.92. The van der Waals surface area contributed by atoms with Gasteiger partial charge < -0.3 is 5.32 Å². The van der Waals surface area contributed by atoms with Gasteiger partial charge in [-0.05, 0) is 31.0 Å². The summed E-state index contributed by atoms with van der Waals surface area (Å²) >= 11 is 0. The van der Waals surface area contributed by atoms with Crippen molar-refractivity contribution in [3.8, 4) is 0 Å². The number of rotatable bonds is 3. The van der Waals surface area contributed by atoms with Gasteiger partial charge >= 0.3 is 0 Å². The van der Waals surface area contributed by atoms with Gasteiger partial charge in [0.25, 0.3) is 0 Å². The predicted octanol–water partition coefficient (Wildman–Crippen LogP) is 1.72. The standard InChI is InChI=1S/C11H16N2O/c1-4-11(14)13-7-10-6-12-9(3)5-8(10)2/h5-6H,4,7H2,1-3H3,(H,13,14). The molecular formula is C11H16N2O. The predicted molar refractivity (Wildman–Crippen MR) is 55.8 cm³/mol. The highest BCUT2D eigenvalue weighted by molar-refractivity contribution is 5.75. The molecule has 0 unspecified atom stereocenters. The maximum Gasteiger partial charge on any atom is 0.219 e. The minimum atomic E-state index is 0.0741. The van der Waals surface area contributed by atoms with Gasteiger partial charge in [-0.15, -0.1) is 0 Å². The lowest BCUT2D eigenvalue weighted by atomic mass is 10.1. The third-order valence-electron chi connectivity index (χ3n) is 2.15. The Labute approximate surface area is 84.6 Å². The molecule has 1 amide bonds. The van der Waals surface area contributed by atoms with Gasteiger partial charge in [-0.25, -0.2) is 0 Å². The fourth-order valence-electron chi connectivity index (χ4n) is 1.23. The average Bonchev–Trinajstić information content (AvgIpc) is 2.16. The van der Waals surface area contributed by atoms with E-state index < -0.39 is 0 Å². The fraction of sp³-hybridized carbons (Fsp3) is 0.455. The quantitative estimate of drug-likeness (QED) is 0.792. The summed E-state index contributed by atoms with van der Waals surface area (Å²) < 4.78 is 0. The second-order valence-corrected chi connectivity index (χ2v) is 3.38. The topological polar surface area (TPSA) is 42.0 Å². The number of nitrogens with one attached hydrogen (secondary N) is 1. The van der Waals surface area contributed by atoms with Gasteiger partial charge in [0.2, 0.25) is 5.91 Å². The van der Waals surface area contributed by atoms with E-state index in [0.29, 0.717) is 13.0 Å². The van der Waals surface area contributed by atoms with Crippen LogP contribution >= 0.6 is 0 Å². The molecule has 1 aromatic rings. The number of pyridine rings is 1. The van der Waals surface area contributed by atoms with E-state index in [0.717, 1.165) is 11.3 Å². The Kier molecular flexibility index (Phi) is 3.63. The number of hydrogen-bond acceptors (Lipinski definition) is 2. The average molecular weight is 192 g/mol. The van der Waals surface area contributed by atoms with Crippen LogP contribution in [-0.4, -0.2) is 10.9 Å². The van der Waals surface area contributed by atoms with Gasteiger partial charge in [-0.1, -0.05) is 6.92 Å². The second kappa shape index (κ2) is 4.74. The maximum absolute atomic E-state index is 11.0. The van der Waals surface area contributed by atoms with Crippen LogP contribution in [0.5, 0.6) is 0 Å². The first-order valence-corrected chi connectivity index (χ1v) is 4.82. The number of aromatic nitrogens is 1. The summed E-state index contributed by atoms with van der Waals surface area (Å²) in [5.41, 5.74) is 3.26. The van der Waals surface area contributed by atoms with Crippen LogP contribution in [0.1, 0.15) is 30.2 Å². The number of carbonyl (C=O) groups excluding carboxylic acids is 1. The molecule has 14 heavy (non-hydrogen) atoms.